The summed E-state index contributed by atoms with van der Waals surface area (Å²) in [6.45, 7) is 6.08. The van der Waals surface area contributed by atoms with Crippen LogP contribution in [0.15, 0.2) is 24.3 Å². The van der Waals surface area contributed by atoms with E-state index in [1.807, 2.05) is 24.3 Å². The number of benzene rings is 1. The molecule has 1 heterocycles. The lowest BCUT2D eigenvalue weighted by molar-refractivity contribution is -0.121. The zero-order chi connectivity index (χ0) is 17.7. The maximum atomic E-state index is 12.3. The molecule has 0 bridgehead atoms. The lowest BCUT2D eigenvalue weighted by atomic mass is 9.98. The molecule has 6 nitrogen and oxygen atoms in total. The second kappa shape index (κ2) is 8.17. The van der Waals surface area contributed by atoms with Crippen molar-refractivity contribution in [1.29, 1.82) is 0 Å². The average Bonchev–Trinajstić information content (AvgIpc) is 3.06. The van der Waals surface area contributed by atoms with Crippen LogP contribution >= 0.6 is 0 Å². The van der Waals surface area contributed by atoms with E-state index in [2.05, 4.69) is 22.2 Å². The number of anilines is 1. The van der Waals surface area contributed by atoms with Crippen LogP contribution in [0.2, 0.25) is 0 Å². The van der Waals surface area contributed by atoms with Gasteiger partial charge in [-0.3, -0.25) is 9.69 Å². The van der Waals surface area contributed by atoms with E-state index >= 15 is 0 Å². The van der Waals surface area contributed by atoms with Crippen LogP contribution in [-0.2, 0) is 4.79 Å². The van der Waals surface area contributed by atoms with Gasteiger partial charge in [-0.2, -0.15) is 0 Å². The van der Waals surface area contributed by atoms with Crippen molar-refractivity contribution < 1.29 is 9.53 Å². The van der Waals surface area contributed by atoms with Gasteiger partial charge in [-0.1, -0.05) is 12.8 Å². The molecule has 25 heavy (non-hydrogen) atoms. The van der Waals surface area contributed by atoms with Crippen LogP contribution < -0.4 is 15.8 Å². The number of carbonyl (C=O) groups excluding carboxylic acids is 1. The number of rotatable bonds is 6. The number of ether oxygens (including phenoxy) is 1. The molecule has 2 aliphatic rings. The highest BCUT2D eigenvalue weighted by molar-refractivity contribution is 5.98. The van der Waals surface area contributed by atoms with Crippen LogP contribution in [0.1, 0.15) is 25.7 Å². The smallest absolute Gasteiger partial charge is 0.244 e. The Labute approximate surface area is 150 Å². The SMILES string of the molecule is CN1CCN(CCOc2ccc(NC(=O)C3(N)CCCC3)cc2)CC1. The molecule has 1 saturated carbocycles. The van der Waals surface area contributed by atoms with E-state index in [0.717, 1.165) is 69.8 Å². The Morgan fingerprint density at radius 3 is 2.44 bits per heavy atom. The second-order valence-corrected chi connectivity index (χ2v) is 7.34. The first-order valence-corrected chi connectivity index (χ1v) is 9.29. The maximum Gasteiger partial charge on any atom is 0.244 e. The molecule has 1 saturated heterocycles. The van der Waals surface area contributed by atoms with Crippen molar-refractivity contribution in [3.63, 3.8) is 0 Å². The lowest BCUT2D eigenvalue weighted by Gasteiger charge is -2.32. The molecule has 1 aromatic carbocycles. The van der Waals surface area contributed by atoms with Crippen molar-refractivity contribution in [3.05, 3.63) is 24.3 Å². The van der Waals surface area contributed by atoms with E-state index in [1.165, 1.54) is 0 Å². The number of nitrogens with two attached hydrogens (primary N) is 1. The van der Waals surface area contributed by atoms with E-state index in [4.69, 9.17) is 10.5 Å². The number of amides is 1. The van der Waals surface area contributed by atoms with Crippen molar-refractivity contribution >= 4 is 11.6 Å². The van der Waals surface area contributed by atoms with Crippen LogP contribution in [-0.4, -0.2) is 67.6 Å². The number of hydrogen-bond donors (Lipinski definition) is 2. The molecule has 0 aromatic heterocycles. The zero-order valence-corrected chi connectivity index (χ0v) is 15.2. The third kappa shape index (κ3) is 4.93. The fourth-order valence-electron chi connectivity index (χ4n) is 3.49. The molecule has 138 valence electrons. The predicted octanol–water partition coefficient (Wildman–Crippen LogP) is 1.52. The summed E-state index contributed by atoms with van der Waals surface area (Å²) in [4.78, 5) is 17.1. The van der Waals surface area contributed by atoms with E-state index in [-0.39, 0.29) is 5.91 Å². The highest BCUT2D eigenvalue weighted by Gasteiger charge is 2.36. The van der Waals surface area contributed by atoms with Gasteiger partial charge in [0.25, 0.3) is 0 Å². The third-order valence-electron chi connectivity index (χ3n) is 5.33. The molecule has 0 radical (unpaired) electrons. The van der Waals surface area contributed by atoms with Gasteiger partial charge in [0.2, 0.25) is 5.91 Å². The fourth-order valence-corrected chi connectivity index (χ4v) is 3.49. The van der Waals surface area contributed by atoms with Crippen molar-refractivity contribution in [2.24, 2.45) is 5.73 Å². The largest absolute Gasteiger partial charge is 0.492 e. The Morgan fingerprint density at radius 2 is 1.80 bits per heavy atom. The van der Waals surface area contributed by atoms with Crippen molar-refractivity contribution in [3.8, 4) is 5.75 Å². The first kappa shape index (κ1) is 18.2. The van der Waals surface area contributed by atoms with Gasteiger partial charge in [-0.15, -0.1) is 0 Å². The standard InChI is InChI=1S/C19H30N4O2/c1-22-10-12-23(13-11-22)14-15-25-17-6-4-16(5-7-17)21-18(24)19(20)8-2-3-9-19/h4-7H,2-3,8-15,20H2,1H3,(H,21,24). The summed E-state index contributed by atoms with van der Waals surface area (Å²) in [5, 5.41) is 2.93. The van der Waals surface area contributed by atoms with E-state index in [1.54, 1.807) is 0 Å². The summed E-state index contributed by atoms with van der Waals surface area (Å²) < 4.78 is 5.82. The van der Waals surface area contributed by atoms with Gasteiger partial charge in [0.15, 0.2) is 0 Å². The molecule has 3 N–H and O–H groups in total. The van der Waals surface area contributed by atoms with Gasteiger partial charge >= 0.3 is 0 Å². The first-order chi connectivity index (χ1) is 12.0. The van der Waals surface area contributed by atoms with E-state index in [0.29, 0.717) is 6.61 Å². The van der Waals surface area contributed by atoms with Crippen LogP contribution in [0.4, 0.5) is 5.69 Å². The summed E-state index contributed by atoms with van der Waals surface area (Å²) in [7, 11) is 2.16. The average molecular weight is 346 g/mol. The number of carbonyl (C=O) groups is 1. The number of piperazine rings is 1. The molecule has 0 spiro atoms. The monoisotopic (exact) mass is 346 g/mol. The fraction of sp³-hybridized carbons (Fsp3) is 0.632. The lowest BCUT2D eigenvalue weighted by Crippen LogP contribution is -2.48. The van der Waals surface area contributed by atoms with Gasteiger partial charge in [0, 0.05) is 38.4 Å². The number of nitrogens with zero attached hydrogens (tertiary/aromatic N) is 2. The maximum absolute atomic E-state index is 12.3. The Morgan fingerprint density at radius 1 is 1.16 bits per heavy atom. The van der Waals surface area contributed by atoms with Gasteiger partial charge in [-0.05, 0) is 44.2 Å². The van der Waals surface area contributed by atoms with E-state index in [9.17, 15) is 4.79 Å². The third-order valence-corrected chi connectivity index (χ3v) is 5.33. The summed E-state index contributed by atoms with van der Waals surface area (Å²) in [6, 6.07) is 7.55. The molecule has 1 aliphatic carbocycles. The van der Waals surface area contributed by atoms with Crippen molar-refractivity contribution in [2.45, 2.75) is 31.2 Å². The van der Waals surface area contributed by atoms with Gasteiger partial charge in [-0.25, -0.2) is 0 Å². The molecule has 1 aliphatic heterocycles. The summed E-state index contributed by atoms with van der Waals surface area (Å²) in [5.74, 6) is 0.754. The van der Waals surface area contributed by atoms with E-state index < -0.39 is 5.54 Å². The Hall–Kier alpha value is -1.63. The molecule has 1 amide bonds. The minimum atomic E-state index is -0.697. The highest BCUT2D eigenvalue weighted by Crippen LogP contribution is 2.28. The van der Waals surface area contributed by atoms with Gasteiger partial charge in [0.1, 0.15) is 12.4 Å². The van der Waals surface area contributed by atoms with Crippen molar-refractivity contribution in [2.75, 3.05) is 51.7 Å². The highest BCUT2D eigenvalue weighted by atomic mass is 16.5. The molecule has 2 fully saturated rings. The minimum absolute atomic E-state index is 0.0752. The number of nitrogens with one attached hydrogen (secondary N) is 1. The summed E-state index contributed by atoms with van der Waals surface area (Å²) >= 11 is 0. The summed E-state index contributed by atoms with van der Waals surface area (Å²) in [5.41, 5.74) is 6.26. The van der Waals surface area contributed by atoms with Crippen molar-refractivity contribution in [1.82, 2.24) is 9.80 Å². The first-order valence-electron chi connectivity index (χ1n) is 9.29. The second-order valence-electron chi connectivity index (χ2n) is 7.34. The molecule has 3 rings (SSSR count). The van der Waals surface area contributed by atoms with Crippen LogP contribution in [0.5, 0.6) is 5.75 Å². The van der Waals surface area contributed by atoms with Gasteiger partial charge in [0.05, 0.1) is 5.54 Å². The Balaban J connectivity index is 1.42. The topological polar surface area (TPSA) is 70.8 Å². The molecule has 6 heteroatoms. The van der Waals surface area contributed by atoms with Crippen LogP contribution in [0, 0.1) is 0 Å². The Bertz CT molecular complexity index is 561. The number of hydrogen-bond acceptors (Lipinski definition) is 5. The predicted molar refractivity (Wildman–Crippen MR) is 99.9 cm³/mol. The molecule has 0 atom stereocenters. The zero-order valence-electron chi connectivity index (χ0n) is 15.2. The van der Waals surface area contributed by atoms with Crippen LogP contribution in [0.25, 0.3) is 0 Å². The number of likely N-dealkylation sites (N-methyl/N-ethyl adjacent to an activating group) is 1. The molecular formula is C19H30N4O2. The normalized spacial score (nSPS) is 21.2. The molecular weight excluding hydrogens is 316 g/mol. The molecule has 0 unspecified atom stereocenters. The quantitative estimate of drug-likeness (QED) is 0.817. The van der Waals surface area contributed by atoms with Crippen LogP contribution in [0.3, 0.4) is 0 Å². The minimum Gasteiger partial charge on any atom is -0.492 e. The Kier molecular flexibility index (Phi) is 5.93. The summed E-state index contributed by atoms with van der Waals surface area (Å²) in [6.07, 6.45) is 3.60. The van der Waals surface area contributed by atoms with Gasteiger partial charge < -0.3 is 20.7 Å². The molecule has 1 aromatic rings.